The molecule has 10 heteroatoms. The number of nitrogens with zero attached hydrogens (tertiary/aromatic N) is 2. The van der Waals surface area contributed by atoms with E-state index in [1.165, 1.54) is 24.0 Å². The molecular weight excluding hydrogens is 502 g/mol. The van der Waals surface area contributed by atoms with Crippen molar-refractivity contribution in [1.29, 1.82) is 0 Å². The zero-order valence-corrected chi connectivity index (χ0v) is 22.9. The number of amides is 2. The van der Waals surface area contributed by atoms with E-state index in [2.05, 4.69) is 5.32 Å². The Morgan fingerprint density at radius 2 is 1.72 bits per heavy atom. The number of hydrogen-bond donors (Lipinski definition) is 1. The van der Waals surface area contributed by atoms with E-state index in [-0.39, 0.29) is 29.8 Å². The fraction of sp³-hybridized carbons (Fsp3) is 0.423. The molecule has 0 fully saturated rings. The van der Waals surface area contributed by atoms with Gasteiger partial charge in [0.1, 0.15) is 12.6 Å². The van der Waals surface area contributed by atoms with Gasteiger partial charge in [0.25, 0.3) is 0 Å². The Hall–Kier alpha value is -2.91. The second-order valence-corrected chi connectivity index (χ2v) is 11.4. The minimum absolute atomic E-state index is 0.0250. The van der Waals surface area contributed by atoms with Gasteiger partial charge in [-0.25, -0.2) is 8.42 Å². The number of halogens is 1. The van der Waals surface area contributed by atoms with Gasteiger partial charge in [-0.3, -0.25) is 18.7 Å². The minimum atomic E-state index is -3.90. The van der Waals surface area contributed by atoms with Crippen LogP contribution in [-0.4, -0.2) is 56.3 Å². The largest absolute Gasteiger partial charge is 0.354 e. The third-order valence-electron chi connectivity index (χ3n) is 5.59. The van der Waals surface area contributed by atoms with Crippen molar-refractivity contribution in [3.05, 3.63) is 64.7 Å². The fourth-order valence-corrected chi connectivity index (χ4v) is 4.68. The Kier molecular flexibility index (Phi) is 10.5. The second-order valence-electron chi connectivity index (χ2n) is 9.05. The van der Waals surface area contributed by atoms with Crippen LogP contribution < -0.4 is 9.62 Å². The molecule has 2 aromatic carbocycles. The highest BCUT2D eigenvalue weighted by atomic mass is 35.5. The lowest BCUT2D eigenvalue weighted by Crippen LogP contribution is -2.52. The van der Waals surface area contributed by atoms with Crippen molar-refractivity contribution in [3.63, 3.8) is 0 Å². The summed E-state index contributed by atoms with van der Waals surface area (Å²) in [5.74, 6) is -0.908. The molecule has 2 aromatic rings. The predicted octanol–water partition coefficient (Wildman–Crippen LogP) is 3.89. The number of carbonyl (C=O) groups excluding carboxylic acids is 3. The van der Waals surface area contributed by atoms with Gasteiger partial charge in [0.15, 0.2) is 5.78 Å². The molecule has 8 nitrogen and oxygen atoms in total. The zero-order chi connectivity index (χ0) is 27.0. The first kappa shape index (κ1) is 29.3. The average molecular weight is 536 g/mol. The van der Waals surface area contributed by atoms with Crippen LogP contribution in [0.15, 0.2) is 48.5 Å². The van der Waals surface area contributed by atoms with Crippen molar-refractivity contribution >= 4 is 44.9 Å². The molecule has 2 amide bonds. The van der Waals surface area contributed by atoms with Crippen LogP contribution >= 0.6 is 11.6 Å². The van der Waals surface area contributed by atoms with Crippen LogP contribution in [0.4, 0.5) is 5.69 Å². The van der Waals surface area contributed by atoms with E-state index >= 15 is 0 Å². The number of sulfonamides is 1. The molecule has 0 radical (unpaired) electrons. The first-order chi connectivity index (χ1) is 16.8. The highest BCUT2D eigenvalue weighted by Crippen LogP contribution is 2.23. The molecule has 0 spiro atoms. The summed E-state index contributed by atoms with van der Waals surface area (Å²) in [7, 11) is -3.90. The van der Waals surface area contributed by atoms with Gasteiger partial charge in [-0.1, -0.05) is 62.7 Å². The number of hydrogen-bond acceptors (Lipinski definition) is 5. The van der Waals surface area contributed by atoms with E-state index in [1.54, 1.807) is 43.3 Å². The lowest BCUT2D eigenvalue weighted by molar-refractivity contribution is -0.140. The Labute approximate surface area is 218 Å². The molecule has 0 saturated heterocycles. The van der Waals surface area contributed by atoms with Crippen molar-refractivity contribution in [2.45, 2.75) is 46.7 Å². The second kappa shape index (κ2) is 12.9. The SMILES string of the molecule is CC[C@@H](C(=O)NCC(C)C)N(Cc1ccccc1Cl)C(=O)CN(c1cccc(C(C)=O)c1)S(C)(=O)=O. The number of ketones is 1. The summed E-state index contributed by atoms with van der Waals surface area (Å²) in [5, 5.41) is 3.30. The number of anilines is 1. The Morgan fingerprint density at radius 3 is 2.28 bits per heavy atom. The third-order valence-corrected chi connectivity index (χ3v) is 7.10. The summed E-state index contributed by atoms with van der Waals surface area (Å²) in [5.41, 5.74) is 1.14. The van der Waals surface area contributed by atoms with E-state index in [1.807, 2.05) is 13.8 Å². The quantitative estimate of drug-likeness (QED) is 0.415. The lowest BCUT2D eigenvalue weighted by atomic mass is 10.1. The molecular formula is C26H34ClN3O5S. The van der Waals surface area contributed by atoms with E-state index in [0.29, 0.717) is 29.1 Å². The van der Waals surface area contributed by atoms with E-state index in [9.17, 15) is 22.8 Å². The normalized spacial score (nSPS) is 12.2. The van der Waals surface area contributed by atoms with Gasteiger partial charge in [0.05, 0.1) is 11.9 Å². The maximum Gasteiger partial charge on any atom is 0.244 e. The van der Waals surface area contributed by atoms with Crippen LogP contribution in [0.2, 0.25) is 5.02 Å². The molecule has 2 rings (SSSR count). The van der Waals surface area contributed by atoms with Crippen LogP contribution in [0.5, 0.6) is 0 Å². The summed E-state index contributed by atoms with van der Waals surface area (Å²) in [6.07, 6.45) is 1.31. The molecule has 0 saturated carbocycles. The summed E-state index contributed by atoms with van der Waals surface area (Å²) < 4.78 is 26.4. The third kappa shape index (κ3) is 8.06. The topological polar surface area (TPSA) is 104 Å². The highest BCUT2D eigenvalue weighted by molar-refractivity contribution is 7.92. The summed E-state index contributed by atoms with van der Waals surface area (Å²) in [6.45, 7) is 7.02. The minimum Gasteiger partial charge on any atom is -0.354 e. The summed E-state index contributed by atoms with van der Waals surface area (Å²) >= 11 is 6.35. The van der Waals surface area contributed by atoms with Gasteiger partial charge in [-0.15, -0.1) is 0 Å². The van der Waals surface area contributed by atoms with Crippen molar-refractivity contribution in [3.8, 4) is 0 Å². The molecule has 0 aliphatic carbocycles. The predicted molar refractivity (Wildman–Crippen MR) is 143 cm³/mol. The Balaban J connectivity index is 2.47. The molecule has 1 atom stereocenters. The molecule has 36 heavy (non-hydrogen) atoms. The summed E-state index contributed by atoms with van der Waals surface area (Å²) in [6, 6.07) is 12.2. The van der Waals surface area contributed by atoms with E-state index in [0.717, 1.165) is 10.6 Å². The Morgan fingerprint density at radius 1 is 1.06 bits per heavy atom. The smallest absolute Gasteiger partial charge is 0.244 e. The van der Waals surface area contributed by atoms with Crippen molar-refractivity contribution < 1.29 is 22.8 Å². The lowest BCUT2D eigenvalue weighted by Gasteiger charge is -2.33. The van der Waals surface area contributed by atoms with Crippen LogP contribution in [-0.2, 0) is 26.2 Å². The van der Waals surface area contributed by atoms with Crippen molar-refractivity contribution in [1.82, 2.24) is 10.2 Å². The fourth-order valence-electron chi connectivity index (χ4n) is 3.65. The first-order valence-electron chi connectivity index (χ1n) is 11.7. The molecule has 0 aromatic heterocycles. The monoisotopic (exact) mass is 535 g/mol. The van der Waals surface area contributed by atoms with Crippen molar-refractivity contribution in [2.24, 2.45) is 5.92 Å². The number of Topliss-reactive ketones (excluding diaryl/α,β-unsaturated/α-hetero) is 1. The molecule has 0 unspecified atom stereocenters. The van der Waals surface area contributed by atoms with Gasteiger partial charge in [0.2, 0.25) is 21.8 Å². The number of benzene rings is 2. The highest BCUT2D eigenvalue weighted by Gasteiger charge is 2.32. The number of nitrogens with one attached hydrogen (secondary N) is 1. The molecule has 196 valence electrons. The molecule has 1 N–H and O–H groups in total. The van der Waals surface area contributed by atoms with Crippen molar-refractivity contribution in [2.75, 3.05) is 23.7 Å². The molecule has 0 aliphatic rings. The van der Waals surface area contributed by atoms with Crippen LogP contribution in [0.1, 0.15) is 50.0 Å². The molecule has 0 bridgehead atoms. The first-order valence-corrected chi connectivity index (χ1v) is 14.0. The van der Waals surface area contributed by atoms with E-state index < -0.39 is 28.5 Å². The molecule has 0 heterocycles. The zero-order valence-electron chi connectivity index (χ0n) is 21.3. The van der Waals surface area contributed by atoms with Crippen LogP contribution in [0, 0.1) is 5.92 Å². The maximum absolute atomic E-state index is 13.7. The maximum atomic E-state index is 13.7. The number of carbonyl (C=O) groups is 3. The molecule has 0 aliphatic heterocycles. The average Bonchev–Trinajstić information content (AvgIpc) is 2.81. The Bertz CT molecular complexity index is 1200. The van der Waals surface area contributed by atoms with Crippen LogP contribution in [0.3, 0.4) is 0 Å². The standard InChI is InChI=1S/C26H34ClN3O5S/c1-6-24(26(33)28-15-18(2)3)29(16-21-10-7-8-13-23(21)27)25(32)17-30(36(5,34)35)22-12-9-11-20(14-22)19(4)31/h7-14,18,24H,6,15-17H2,1-5H3,(H,28,33)/t24-/m0/s1. The van der Waals surface area contributed by atoms with Crippen LogP contribution in [0.25, 0.3) is 0 Å². The van der Waals surface area contributed by atoms with E-state index in [4.69, 9.17) is 11.6 Å². The van der Waals surface area contributed by atoms with Gasteiger partial charge in [0, 0.05) is 23.7 Å². The van der Waals surface area contributed by atoms with Gasteiger partial charge < -0.3 is 10.2 Å². The number of rotatable bonds is 12. The van der Waals surface area contributed by atoms with Gasteiger partial charge in [-0.05, 0) is 43.0 Å². The van der Waals surface area contributed by atoms with Gasteiger partial charge >= 0.3 is 0 Å². The van der Waals surface area contributed by atoms with Gasteiger partial charge in [-0.2, -0.15) is 0 Å². The summed E-state index contributed by atoms with van der Waals surface area (Å²) in [4.78, 5) is 40.0.